The maximum atomic E-state index is 12.6. The maximum absolute atomic E-state index is 12.6. The summed E-state index contributed by atoms with van der Waals surface area (Å²) < 4.78 is 29.6. The van der Waals surface area contributed by atoms with Crippen molar-refractivity contribution in [3.63, 3.8) is 0 Å². The van der Waals surface area contributed by atoms with Gasteiger partial charge in [-0.2, -0.15) is 18.9 Å². The van der Waals surface area contributed by atoms with E-state index in [2.05, 4.69) is 17.5 Å². The molecule has 34 heavy (non-hydrogen) atoms. The maximum Gasteiger partial charge on any atom is 0.294 e. The lowest BCUT2D eigenvalue weighted by Gasteiger charge is -2.23. The van der Waals surface area contributed by atoms with E-state index in [4.69, 9.17) is 15.1 Å². The van der Waals surface area contributed by atoms with Crippen molar-refractivity contribution in [2.45, 2.75) is 49.6 Å². The lowest BCUT2D eigenvalue weighted by Crippen LogP contribution is -2.45. The van der Waals surface area contributed by atoms with E-state index in [1.54, 1.807) is 17.0 Å². The third-order valence-corrected chi connectivity index (χ3v) is 7.00. The second kappa shape index (κ2) is 11.3. The average molecular weight is 481 g/mol. The number of nitrogens with one attached hydrogen (secondary N) is 1. The molecule has 2 aliphatic heterocycles. The van der Waals surface area contributed by atoms with Gasteiger partial charge >= 0.3 is 0 Å². The minimum absolute atomic E-state index is 0.0666. The lowest BCUT2D eigenvalue weighted by atomic mass is 9.96. The number of hydrogen-bond acceptors (Lipinski definition) is 6. The molecular formula is C25H28N4O4S. The van der Waals surface area contributed by atoms with Gasteiger partial charge in [0.15, 0.2) is 0 Å². The number of likely N-dealkylation sites (tertiary alicyclic amines) is 1. The van der Waals surface area contributed by atoms with Gasteiger partial charge in [-0.3, -0.25) is 9.35 Å². The Morgan fingerprint density at radius 1 is 1.15 bits per heavy atom. The fourth-order valence-corrected chi connectivity index (χ4v) is 4.76. The number of hydrogen-bond donors (Lipinski definition) is 2. The minimum atomic E-state index is -4.02. The van der Waals surface area contributed by atoms with Gasteiger partial charge in [0.1, 0.15) is 6.04 Å². The van der Waals surface area contributed by atoms with E-state index >= 15 is 0 Å². The van der Waals surface area contributed by atoms with Gasteiger partial charge < -0.3 is 10.2 Å². The molecule has 3 atom stereocenters. The SMILES string of the molecule is Cc1ccc(S(=O)(=O)O)cc1.N#Cc1ccc(C[C@@H]2CN[C@H](C(=O)N3CCC[C@H]3C#N)C2)cc1. The number of carbonyl (C=O) groups excluding carboxylic acids is 1. The largest absolute Gasteiger partial charge is 0.325 e. The third kappa shape index (κ3) is 6.64. The van der Waals surface area contributed by atoms with E-state index in [1.807, 2.05) is 31.2 Å². The third-order valence-electron chi connectivity index (χ3n) is 6.13. The van der Waals surface area contributed by atoms with Crippen LogP contribution in [-0.2, 0) is 21.3 Å². The van der Waals surface area contributed by atoms with Crippen LogP contribution in [0.2, 0.25) is 0 Å². The highest BCUT2D eigenvalue weighted by Gasteiger charge is 2.36. The van der Waals surface area contributed by atoms with Crippen LogP contribution in [0.1, 0.15) is 36.0 Å². The van der Waals surface area contributed by atoms with Gasteiger partial charge in [-0.15, -0.1) is 0 Å². The molecular weight excluding hydrogens is 452 g/mol. The molecule has 0 aliphatic carbocycles. The number of aryl methyl sites for hydroxylation is 1. The molecule has 0 bridgehead atoms. The summed E-state index contributed by atoms with van der Waals surface area (Å²) in [6.45, 7) is 3.37. The molecule has 2 N–H and O–H groups in total. The van der Waals surface area contributed by atoms with Crippen molar-refractivity contribution in [3.05, 3.63) is 65.2 Å². The Bertz CT molecular complexity index is 1180. The quantitative estimate of drug-likeness (QED) is 0.643. The van der Waals surface area contributed by atoms with Crippen LogP contribution in [0.25, 0.3) is 0 Å². The molecule has 178 valence electrons. The first-order valence-electron chi connectivity index (χ1n) is 11.2. The molecule has 0 unspecified atom stereocenters. The van der Waals surface area contributed by atoms with Gasteiger partial charge in [-0.1, -0.05) is 29.8 Å². The summed E-state index contributed by atoms with van der Waals surface area (Å²) >= 11 is 0. The average Bonchev–Trinajstić information content (AvgIpc) is 3.49. The molecule has 4 rings (SSSR count). The number of carbonyl (C=O) groups is 1. The van der Waals surface area contributed by atoms with Gasteiger partial charge in [0.25, 0.3) is 10.1 Å². The molecule has 2 aromatic rings. The van der Waals surface area contributed by atoms with E-state index < -0.39 is 10.1 Å². The summed E-state index contributed by atoms with van der Waals surface area (Å²) in [5, 5.41) is 21.3. The zero-order chi connectivity index (χ0) is 24.7. The number of rotatable bonds is 4. The minimum Gasteiger partial charge on any atom is -0.325 e. The molecule has 2 aliphatic rings. The predicted octanol–water partition coefficient (Wildman–Crippen LogP) is 2.84. The second-order valence-corrected chi connectivity index (χ2v) is 10.1. The molecule has 1 amide bonds. The first kappa shape index (κ1) is 25.4. The molecule has 0 aromatic heterocycles. The monoisotopic (exact) mass is 480 g/mol. The van der Waals surface area contributed by atoms with E-state index in [1.165, 1.54) is 17.7 Å². The van der Waals surface area contributed by atoms with Crippen molar-refractivity contribution in [1.29, 1.82) is 10.5 Å². The molecule has 0 saturated carbocycles. The second-order valence-electron chi connectivity index (χ2n) is 8.68. The first-order chi connectivity index (χ1) is 16.2. The molecule has 0 spiro atoms. The van der Waals surface area contributed by atoms with Crippen molar-refractivity contribution < 1.29 is 17.8 Å². The highest BCUT2D eigenvalue weighted by atomic mass is 32.2. The number of amides is 1. The number of nitrogens with zero attached hydrogens (tertiary/aromatic N) is 3. The molecule has 2 fully saturated rings. The fourth-order valence-electron chi connectivity index (χ4n) is 4.28. The number of nitriles is 2. The molecule has 2 saturated heterocycles. The van der Waals surface area contributed by atoms with E-state index in [9.17, 15) is 13.2 Å². The first-order valence-corrected chi connectivity index (χ1v) is 12.6. The van der Waals surface area contributed by atoms with Crippen molar-refractivity contribution in [1.82, 2.24) is 10.2 Å². The van der Waals surface area contributed by atoms with Crippen LogP contribution in [0.3, 0.4) is 0 Å². The summed E-state index contributed by atoms with van der Waals surface area (Å²) in [7, 11) is -4.02. The Balaban J connectivity index is 0.000000248. The van der Waals surface area contributed by atoms with Crippen LogP contribution in [0.4, 0.5) is 0 Å². The smallest absolute Gasteiger partial charge is 0.294 e. The molecule has 2 heterocycles. The number of benzene rings is 2. The Labute approximate surface area is 200 Å². The standard InChI is InChI=1S/C18H20N4O.C7H8O3S/c19-10-14-5-3-13(4-6-14)8-15-9-17(21-12-15)18(23)22-7-1-2-16(22)11-20;1-6-2-4-7(5-3-6)11(8,9)10/h3-6,15-17,21H,1-2,7-9,12H2;2-5H,1H3,(H,8,9,10)/t15-,16-,17-;/m0./s1. The van der Waals surface area contributed by atoms with Crippen LogP contribution in [0, 0.1) is 35.5 Å². The van der Waals surface area contributed by atoms with Crippen molar-refractivity contribution >= 4 is 16.0 Å². The summed E-state index contributed by atoms with van der Waals surface area (Å²) in [4.78, 5) is 14.2. The fraction of sp³-hybridized carbons (Fsp3) is 0.400. The van der Waals surface area contributed by atoms with Crippen LogP contribution in [-0.4, -0.2) is 49.0 Å². The molecule has 2 aromatic carbocycles. The highest BCUT2D eigenvalue weighted by Crippen LogP contribution is 2.24. The Hall–Kier alpha value is -3.24. The van der Waals surface area contributed by atoms with Crippen molar-refractivity contribution in [3.8, 4) is 12.1 Å². The van der Waals surface area contributed by atoms with Gasteiger partial charge in [0.05, 0.1) is 28.6 Å². The normalized spacial score (nSPS) is 21.8. The lowest BCUT2D eigenvalue weighted by molar-refractivity contribution is -0.133. The Morgan fingerprint density at radius 2 is 1.82 bits per heavy atom. The summed E-state index contributed by atoms with van der Waals surface area (Å²) in [6.07, 6.45) is 3.44. The van der Waals surface area contributed by atoms with Crippen LogP contribution < -0.4 is 5.32 Å². The van der Waals surface area contributed by atoms with Crippen LogP contribution >= 0.6 is 0 Å². The van der Waals surface area contributed by atoms with Crippen molar-refractivity contribution in [2.24, 2.45) is 5.92 Å². The summed E-state index contributed by atoms with van der Waals surface area (Å²) in [5.41, 5.74) is 2.82. The predicted molar refractivity (Wildman–Crippen MR) is 126 cm³/mol. The van der Waals surface area contributed by atoms with Gasteiger partial charge in [0, 0.05) is 6.54 Å². The van der Waals surface area contributed by atoms with Gasteiger partial charge in [0.2, 0.25) is 5.91 Å². The van der Waals surface area contributed by atoms with Crippen LogP contribution in [0.15, 0.2) is 53.4 Å². The Kier molecular flexibility index (Phi) is 8.41. The van der Waals surface area contributed by atoms with Gasteiger partial charge in [-0.05, 0) is 74.9 Å². The summed E-state index contributed by atoms with van der Waals surface area (Å²) in [6, 6.07) is 17.6. The van der Waals surface area contributed by atoms with E-state index in [-0.39, 0.29) is 22.9 Å². The van der Waals surface area contributed by atoms with Crippen molar-refractivity contribution in [2.75, 3.05) is 13.1 Å². The van der Waals surface area contributed by atoms with Gasteiger partial charge in [-0.25, -0.2) is 0 Å². The van der Waals surface area contributed by atoms with E-state index in [0.717, 1.165) is 37.8 Å². The molecule has 9 heteroatoms. The molecule has 0 radical (unpaired) electrons. The van der Waals surface area contributed by atoms with E-state index in [0.29, 0.717) is 18.0 Å². The van der Waals surface area contributed by atoms with Crippen LogP contribution in [0.5, 0.6) is 0 Å². The zero-order valence-electron chi connectivity index (χ0n) is 19.0. The zero-order valence-corrected chi connectivity index (χ0v) is 19.8. The molecule has 8 nitrogen and oxygen atoms in total. The highest BCUT2D eigenvalue weighted by molar-refractivity contribution is 7.85. The topological polar surface area (TPSA) is 134 Å². The Morgan fingerprint density at radius 3 is 2.41 bits per heavy atom. The summed E-state index contributed by atoms with van der Waals surface area (Å²) in [5.74, 6) is 0.497.